The number of aromatic nitrogens is 1. The highest BCUT2D eigenvalue weighted by atomic mass is 35.5. The maximum absolute atomic E-state index is 15.0. The maximum Gasteiger partial charge on any atom is 0.254 e. The van der Waals surface area contributed by atoms with Crippen LogP contribution in [-0.2, 0) is 4.79 Å². The largest absolute Gasteiger partial charge is 0.383 e. The summed E-state index contributed by atoms with van der Waals surface area (Å²) < 4.78 is 15.0. The van der Waals surface area contributed by atoms with E-state index in [1.165, 1.54) is 12.1 Å². The monoisotopic (exact) mass is 480 g/mol. The summed E-state index contributed by atoms with van der Waals surface area (Å²) in [6, 6.07) is 13.1. The van der Waals surface area contributed by atoms with Crippen LogP contribution in [0.3, 0.4) is 0 Å². The molecule has 0 bridgehead atoms. The van der Waals surface area contributed by atoms with Gasteiger partial charge in [-0.05, 0) is 60.4 Å². The first-order valence-electron chi connectivity index (χ1n) is 11.1. The molecule has 2 amide bonds. The number of hydrogen-bond donors (Lipinski definition) is 2. The van der Waals surface area contributed by atoms with E-state index in [1.807, 2.05) is 19.1 Å². The lowest BCUT2D eigenvalue weighted by molar-refractivity contribution is -0.132. The summed E-state index contributed by atoms with van der Waals surface area (Å²) in [7, 11) is 1.78. The molecule has 0 radical (unpaired) electrons. The maximum atomic E-state index is 15.0. The summed E-state index contributed by atoms with van der Waals surface area (Å²) in [5, 5.41) is 3.37. The Labute approximate surface area is 202 Å². The Hall–Kier alpha value is -3.45. The number of nitrogen functional groups attached to an aromatic ring is 1. The van der Waals surface area contributed by atoms with Gasteiger partial charge in [0.05, 0.1) is 11.6 Å². The quantitative estimate of drug-likeness (QED) is 0.540. The van der Waals surface area contributed by atoms with E-state index in [1.54, 1.807) is 42.4 Å². The van der Waals surface area contributed by atoms with Crippen molar-refractivity contribution in [3.8, 4) is 11.1 Å². The number of carbonyl (C=O) groups excluding carboxylic acids is 2. The molecular formula is C26H26ClFN4O2. The van der Waals surface area contributed by atoms with Crippen LogP contribution in [0.25, 0.3) is 11.1 Å². The van der Waals surface area contributed by atoms with Gasteiger partial charge >= 0.3 is 0 Å². The van der Waals surface area contributed by atoms with Gasteiger partial charge < -0.3 is 16.0 Å². The molecule has 176 valence electrons. The number of nitrogens with two attached hydrogens (primary N) is 1. The number of anilines is 1. The minimum absolute atomic E-state index is 0.0623. The summed E-state index contributed by atoms with van der Waals surface area (Å²) in [6.07, 6.45) is 2.92. The number of pyridine rings is 1. The smallest absolute Gasteiger partial charge is 0.254 e. The first kappa shape index (κ1) is 23.7. The first-order chi connectivity index (χ1) is 16.2. The van der Waals surface area contributed by atoms with Crippen LogP contribution < -0.4 is 11.1 Å². The van der Waals surface area contributed by atoms with E-state index in [4.69, 9.17) is 17.3 Å². The number of likely N-dealkylation sites (tertiary alicyclic amines) is 1. The van der Waals surface area contributed by atoms with Crippen LogP contribution >= 0.6 is 11.6 Å². The second-order valence-corrected chi connectivity index (χ2v) is 9.09. The molecule has 1 aromatic heterocycles. The third-order valence-corrected chi connectivity index (χ3v) is 6.49. The molecule has 1 fully saturated rings. The Bertz CT molecular complexity index is 1250. The predicted octanol–water partition coefficient (Wildman–Crippen LogP) is 4.95. The van der Waals surface area contributed by atoms with Crippen LogP contribution in [0.2, 0.25) is 5.02 Å². The number of nitrogens with one attached hydrogen (secondary N) is 1. The van der Waals surface area contributed by atoms with Gasteiger partial charge in [-0.15, -0.1) is 0 Å². The zero-order valence-electron chi connectivity index (χ0n) is 19.0. The van der Waals surface area contributed by atoms with Gasteiger partial charge in [-0.2, -0.15) is 0 Å². The van der Waals surface area contributed by atoms with E-state index in [0.29, 0.717) is 29.1 Å². The van der Waals surface area contributed by atoms with Crippen molar-refractivity contribution in [3.05, 3.63) is 82.3 Å². The van der Waals surface area contributed by atoms with Gasteiger partial charge in [0.1, 0.15) is 11.6 Å². The van der Waals surface area contributed by atoms with Crippen molar-refractivity contribution in [2.75, 3.05) is 19.3 Å². The Morgan fingerprint density at radius 3 is 2.76 bits per heavy atom. The number of rotatable bonds is 5. The molecule has 34 heavy (non-hydrogen) atoms. The fourth-order valence-electron chi connectivity index (χ4n) is 4.23. The van der Waals surface area contributed by atoms with Gasteiger partial charge in [-0.3, -0.25) is 9.59 Å². The lowest BCUT2D eigenvalue weighted by atomic mass is 9.90. The molecule has 6 nitrogen and oxygen atoms in total. The zero-order valence-corrected chi connectivity index (χ0v) is 19.8. The molecule has 3 aromatic rings. The molecule has 2 heterocycles. The van der Waals surface area contributed by atoms with Gasteiger partial charge in [0, 0.05) is 42.7 Å². The minimum atomic E-state index is -0.652. The summed E-state index contributed by atoms with van der Waals surface area (Å²) in [6.45, 7) is 2.41. The van der Waals surface area contributed by atoms with Gasteiger partial charge in [0.2, 0.25) is 5.91 Å². The van der Waals surface area contributed by atoms with E-state index >= 15 is 0 Å². The molecular weight excluding hydrogens is 455 g/mol. The van der Waals surface area contributed by atoms with E-state index < -0.39 is 11.7 Å². The van der Waals surface area contributed by atoms with Gasteiger partial charge in [0.25, 0.3) is 5.91 Å². The van der Waals surface area contributed by atoms with Crippen molar-refractivity contribution in [3.63, 3.8) is 0 Å². The molecule has 0 spiro atoms. The number of nitrogens with zero attached hydrogens (tertiary/aromatic N) is 2. The van der Waals surface area contributed by atoms with Crippen molar-refractivity contribution in [2.24, 2.45) is 0 Å². The molecule has 0 aliphatic carbocycles. The molecule has 0 saturated carbocycles. The van der Waals surface area contributed by atoms with Crippen molar-refractivity contribution in [1.82, 2.24) is 15.2 Å². The molecule has 1 unspecified atom stereocenters. The van der Waals surface area contributed by atoms with Crippen LogP contribution in [-0.4, -0.2) is 35.3 Å². The number of hydrogen-bond acceptors (Lipinski definition) is 4. The van der Waals surface area contributed by atoms with Crippen molar-refractivity contribution < 1.29 is 14.0 Å². The fraction of sp³-hybridized carbons (Fsp3) is 0.269. The number of benzene rings is 2. The predicted molar refractivity (Wildman–Crippen MR) is 131 cm³/mol. The summed E-state index contributed by atoms with van der Waals surface area (Å²) >= 11 is 6.02. The summed E-state index contributed by atoms with van der Waals surface area (Å²) in [5.74, 6) is -0.638. The molecule has 2 atom stereocenters. The third-order valence-electron chi connectivity index (χ3n) is 6.26. The van der Waals surface area contributed by atoms with Gasteiger partial charge in [0.15, 0.2) is 0 Å². The molecule has 1 aliphatic rings. The summed E-state index contributed by atoms with van der Waals surface area (Å²) in [5.41, 5.74) is 8.93. The number of likely N-dealkylation sites (N-methyl/N-ethyl adjacent to an activating group) is 1. The second-order valence-electron chi connectivity index (χ2n) is 8.66. The molecule has 1 saturated heterocycles. The van der Waals surface area contributed by atoms with Crippen LogP contribution in [0.15, 0.2) is 54.7 Å². The highest BCUT2D eigenvalue weighted by Crippen LogP contribution is 2.32. The Balaban J connectivity index is 1.55. The second kappa shape index (κ2) is 9.81. The van der Waals surface area contributed by atoms with E-state index in [2.05, 4.69) is 10.3 Å². The van der Waals surface area contributed by atoms with Crippen LogP contribution in [0.4, 0.5) is 10.2 Å². The van der Waals surface area contributed by atoms with Crippen LogP contribution in [0.1, 0.15) is 53.2 Å². The topological polar surface area (TPSA) is 88.3 Å². The number of piperidine rings is 1. The number of amides is 2. The van der Waals surface area contributed by atoms with E-state index in [0.717, 1.165) is 17.5 Å². The van der Waals surface area contributed by atoms with Crippen molar-refractivity contribution in [2.45, 2.75) is 31.7 Å². The normalized spacial score (nSPS) is 16.9. The highest BCUT2D eigenvalue weighted by Gasteiger charge is 2.25. The number of carbonyl (C=O) groups is 2. The van der Waals surface area contributed by atoms with E-state index in [9.17, 15) is 14.0 Å². The minimum Gasteiger partial charge on any atom is -0.383 e. The third kappa shape index (κ3) is 5.04. The lowest BCUT2D eigenvalue weighted by Gasteiger charge is -2.30. The molecule has 1 aliphatic heterocycles. The molecule has 3 N–H and O–H groups in total. The Morgan fingerprint density at radius 1 is 1.26 bits per heavy atom. The van der Waals surface area contributed by atoms with E-state index in [-0.39, 0.29) is 29.2 Å². The van der Waals surface area contributed by atoms with Crippen LogP contribution in [0, 0.1) is 5.82 Å². The average Bonchev–Trinajstić information content (AvgIpc) is 2.81. The van der Waals surface area contributed by atoms with Gasteiger partial charge in [-0.25, -0.2) is 9.37 Å². The highest BCUT2D eigenvalue weighted by molar-refractivity contribution is 6.30. The summed E-state index contributed by atoms with van der Waals surface area (Å²) in [4.78, 5) is 30.5. The molecule has 2 aromatic carbocycles. The standard InChI is InChI=1S/C26H26ClFN4O2/c1-15(16-4-3-5-20(27)10-16)31-26(34)21-8-6-17(12-23(21)28)22-11-19(13-30-25(22)29)18-7-9-24(33)32(2)14-18/h3-6,8,10-13,15,18H,7,9,14H2,1-2H3,(H2,29,30)(H,31,34)/t15?,18-/m0/s1. The SMILES string of the molecule is CC(NC(=O)c1ccc(-c2cc([C@H]3CCC(=O)N(C)C3)cnc2N)cc1F)c1cccc(Cl)c1. The average molecular weight is 481 g/mol. The number of halogens is 2. The van der Waals surface area contributed by atoms with Crippen molar-refractivity contribution >= 4 is 29.2 Å². The van der Waals surface area contributed by atoms with Crippen LogP contribution in [0.5, 0.6) is 0 Å². The Morgan fingerprint density at radius 2 is 2.06 bits per heavy atom. The Kier molecular flexibility index (Phi) is 6.84. The molecule has 4 rings (SSSR count). The lowest BCUT2D eigenvalue weighted by Crippen LogP contribution is -2.35. The first-order valence-corrected chi connectivity index (χ1v) is 11.5. The van der Waals surface area contributed by atoms with Crippen molar-refractivity contribution in [1.29, 1.82) is 0 Å². The van der Waals surface area contributed by atoms with Gasteiger partial charge in [-0.1, -0.05) is 29.8 Å². The fourth-order valence-corrected chi connectivity index (χ4v) is 4.43. The zero-order chi connectivity index (χ0) is 24.4. The molecule has 8 heteroatoms.